The molecule has 2 N–H and O–H groups in total. The number of hydrogen-bond acceptors (Lipinski definition) is 2. The average Bonchev–Trinajstić information content (AvgIpc) is 2.89. The van der Waals surface area contributed by atoms with E-state index >= 15 is 0 Å². The molecule has 1 saturated carbocycles. The number of rotatable bonds is 4. The Hall–Kier alpha value is -1.02. The Morgan fingerprint density at radius 3 is 3.12 bits per heavy atom. The van der Waals surface area contributed by atoms with Crippen LogP contribution < -0.4 is 5.32 Å². The monoisotopic (exact) mass is 231 g/mol. The number of benzene rings is 1. The summed E-state index contributed by atoms with van der Waals surface area (Å²) in [6.07, 6.45) is 6.16. The maximum absolute atomic E-state index is 9.81. The number of nitrogens with one attached hydrogen (secondary N) is 1. The van der Waals surface area contributed by atoms with Gasteiger partial charge in [0.25, 0.3) is 0 Å². The highest BCUT2D eigenvalue weighted by Gasteiger charge is 2.38. The summed E-state index contributed by atoms with van der Waals surface area (Å²) >= 11 is 0. The Bertz CT molecular complexity index is 415. The van der Waals surface area contributed by atoms with E-state index in [1.807, 2.05) is 6.07 Å². The van der Waals surface area contributed by atoms with Crippen LogP contribution >= 0.6 is 0 Å². The summed E-state index contributed by atoms with van der Waals surface area (Å²) < 4.78 is 0. The summed E-state index contributed by atoms with van der Waals surface area (Å²) in [4.78, 5) is 0. The topological polar surface area (TPSA) is 32.3 Å². The van der Waals surface area contributed by atoms with Gasteiger partial charge in [0.1, 0.15) is 5.75 Å². The predicted octanol–water partition coefficient (Wildman–Crippen LogP) is 3.16. The first-order valence-electron chi connectivity index (χ1n) is 6.86. The minimum Gasteiger partial charge on any atom is -0.508 e. The van der Waals surface area contributed by atoms with E-state index in [9.17, 15) is 5.11 Å². The van der Waals surface area contributed by atoms with Gasteiger partial charge < -0.3 is 10.4 Å². The fourth-order valence-electron chi connectivity index (χ4n) is 3.21. The highest BCUT2D eigenvalue weighted by molar-refractivity contribution is 5.44. The number of aromatic hydroxyl groups is 1. The lowest BCUT2D eigenvalue weighted by Crippen LogP contribution is -2.22. The fraction of sp³-hybridized carbons (Fsp3) is 0.600. The second-order valence-corrected chi connectivity index (χ2v) is 5.49. The maximum Gasteiger partial charge on any atom is 0.119 e. The van der Waals surface area contributed by atoms with Gasteiger partial charge in [-0.15, -0.1) is 0 Å². The molecule has 0 aliphatic heterocycles. The molecule has 2 aliphatic carbocycles. The highest BCUT2D eigenvalue weighted by Crippen LogP contribution is 2.41. The smallest absolute Gasteiger partial charge is 0.119 e. The standard InChI is InChI=1S/C15H21NO/c1-2-4-10-9-14(10)16-13-8-7-12-11(13)5-3-6-15(12)17/h3,5-6,10,13-14,16-17H,2,4,7-9H2,1H3. The lowest BCUT2D eigenvalue weighted by atomic mass is 10.1. The van der Waals surface area contributed by atoms with Gasteiger partial charge in [0.05, 0.1) is 0 Å². The van der Waals surface area contributed by atoms with Crippen LogP contribution in [-0.2, 0) is 6.42 Å². The fourth-order valence-corrected chi connectivity index (χ4v) is 3.21. The maximum atomic E-state index is 9.81. The van der Waals surface area contributed by atoms with E-state index in [2.05, 4.69) is 18.3 Å². The predicted molar refractivity (Wildman–Crippen MR) is 69.1 cm³/mol. The Morgan fingerprint density at radius 2 is 2.29 bits per heavy atom. The molecular weight excluding hydrogens is 210 g/mol. The molecule has 3 atom stereocenters. The molecule has 3 unspecified atom stereocenters. The summed E-state index contributed by atoms with van der Waals surface area (Å²) in [5, 5.41) is 13.6. The van der Waals surface area contributed by atoms with Crippen molar-refractivity contribution in [3.8, 4) is 5.75 Å². The molecule has 0 spiro atoms. The van der Waals surface area contributed by atoms with Crippen molar-refractivity contribution in [2.24, 2.45) is 5.92 Å². The van der Waals surface area contributed by atoms with Crippen LogP contribution in [-0.4, -0.2) is 11.1 Å². The molecule has 92 valence electrons. The Balaban J connectivity index is 1.67. The molecule has 0 amide bonds. The van der Waals surface area contributed by atoms with Gasteiger partial charge in [0.15, 0.2) is 0 Å². The molecule has 17 heavy (non-hydrogen) atoms. The second kappa shape index (κ2) is 4.34. The van der Waals surface area contributed by atoms with Crippen LogP contribution in [0.15, 0.2) is 18.2 Å². The summed E-state index contributed by atoms with van der Waals surface area (Å²) in [7, 11) is 0. The van der Waals surface area contributed by atoms with E-state index in [0.29, 0.717) is 11.8 Å². The normalized spacial score (nSPS) is 30.3. The van der Waals surface area contributed by atoms with E-state index in [1.165, 1.54) is 24.8 Å². The van der Waals surface area contributed by atoms with Gasteiger partial charge in [-0.3, -0.25) is 0 Å². The van der Waals surface area contributed by atoms with Crippen molar-refractivity contribution < 1.29 is 5.11 Å². The molecule has 2 heteroatoms. The number of phenolic OH excluding ortho intramolecular Hbond substituents is 1. The second-order valence-electron chi connectivity index (χ2n) is 5.49. The lowest BCUT2D eigenvalue weighted by Gasteiger charge is -2.14. The van der Waals surface area contributed by atoms with Crippen LogP contribution in [0.3, 0.4) is 0 Å². The van der Waals surface area contributed by atoms with Gasteiger partial charge in [-0.1, -0.05) is 25.5 Å². The van der Waals surface area contributed by atoms with Gasteiger partial charge >= 0.3 is 0 Å². The van der Waals surface area contributed by atoms with E-state index in [0.717, 1.165) is 30.4 Å². The minimum absolute atomic E-state index is 0.476. The Morgan fingerprint density at radius 1 is 1.41 bits per heavy atom. The molecule has 0 saturated heterocycles. The van der Waals surface area contributed by atoms with Crippen molar-refractivity contribution in [2.45, 2.75) is 51.1 Å². The van der Waals surface area contributed by atoms with E-state index in [4.69, 9.17) is 0 Å². The molecular formula is C15H21NO. The molecule has 1 aromatic rings. The van der Waals surface area contributed by atoms with Crippen LogP contribution in [0.25, 0.3) is 0 Å². The van der Waals surface area contributed by atoms with Gasteiger partial charge in [0, 0.05) is 12.1 Å². The van der Waals surface area contributed by atoms with Gasteiger partial charge in [0.2, 0.25) is 0 Å². The Labute approximate surface area is 103 Å². The quantitative estimate of drug-likeness (QED) is 0.834. The van der Waals surface area contributed by atoms with Crippen LogP contribution in [0.2, 0.25) is 0 Å². The van der Waals surface area contributed by atoms with Crippen LogP contribution in [0, 0.1) is 5.92 Å². The third kappa shape index (κ3) is 2.06. The van der Waals surface area contributed by atoms with Crippen LogP contribution in [0.1, 0.15) is 49.8 Å². The van der Waals surface area contributed by atoms with Crippen molar-refractivity contribution in [1.29, 1.82) is 0 Å². The molecule has 0 bridgehead atoms. The first-order chi connectivity index (χ1) is 8.29. The molecule has 2 aliphatic rings. The molecule has 2 nitrogen and oxygen atoms in total. The zero-order valence-corrected chi connectivity index (χ0v) is 10.4. The van der Waals surface area contributed by atoms with E-state index in [-0.39, 0.29) is 0 Å². The first kappa shape index (κ1) is 11.1. The van der Waals surface area contributed by atoms with Crippen LogP contribution in [0.4, 0.5) is 0 Å². The number of fused-ring (bicyclic) bond motifs is 1. The average molecular weight is 231 g/mol. The number of phenols is 1. The Kier molecular flexibility index (Phi) is 2.83. The van der Waals surface area contributed by atoms with Crippen molar-refractivity contribution in [3.63, 3.8) is 0 Å². The lowest BCUT2D eigenvalue weighted by molar-refractivity contribution is 0.469. The zero-order chi connectivity index (χ0) is 11.8. The van der Waals surface area contributed by atoms with Crippen molar-refractivity contribution >= 4 is 0 Å². The van der Waals surface area contributed by atoms with Crippen molar-refractivity contribution in [2.75, 3.05) is 0 Å². The summed E-state index contributed by atoms with van der Waals surface area (Å²) in [5.74, 6) is 1.38. The minimum atomic E-state index is 0.476. The molecule has 1 aromatic carbocycles. The van der Waals surface area contributed by atoms with Crippen molar-refractivity contribution in [1.82, 2.24) is 5.32 Å². The largest absolute Gasteiger partial charge is 0.508 e. The van der Waals surface area contributed by atoms with Gasteiger partial charge in [-0.25, -0.2) is 0 Å². The van der Waals surface area contributed by atoms with E-state index in [1.54, 1.807) is 6.07 Å². The SMILES string of the molecule is CCCC1CC1NC1CCc2c(O)cccc21. The zero-order valence-electron chi connectivity index (χ0n) is 10.4. The third-order valence-corrected chi connectivity index (χ3v) is 4.24. The van der Waals surface area contributed by atoms with Crippen LogP contribution in [0.5, 0.6) is 5.75 Å². The molecule has 0 heterocycles. The molecule has 0 radical (unpaired) electrons. The molecule has 0 aromatic heterocycles. The summed E-state index contributed by atoms with van der Waals surface area (Å²) in [6, 6.07) is 7.14. The highest BCUT2D eigenvalue weighted by atomic mass is 16.3. The van der Waals surface area contributed by atoms with E-state index < -0.39 is 0 Å². The molecule has 3 rings (SSSR count). The number of hydrogen-bond donors (Lipinski definition) is 2. The van der Waals surface area contributed by atoms with Crippen molar-refractivity contribution in [3.05, 3.63) is 29.3 Å². The third-order valence-electron chi connectivity index (χ3n) is 4.24. The first-order valence-corrected chi connectivity index (χ1v) is 6.86. The van der Waals surface area contributed by atoms with Gasteiger partial charge in [-0.2, -0.15) is 0 Å². The summed E-state index contributed by atoms with van der Waals surface area (Å²) in [5.41, 5.74) is 2.49. The summed E-state index contributed by atoms with van der Waals surface area (Å²) in [6.45, 7) is 2.26. The molecule has 1 fully saturated rings. The van der Waals surface area contributed by atoms with Gasteiger partial charge in [-0.05, 0) is 48.8 Å².